The van der Waals surface area contributed by atoms with Crippen LogP contribution in [0.2, 0.25) is 5.02 Å². The Morgan fingerprint density at radius 1 is 1.50 bits per heavy atom. The summed E-state index contributed by atoms with van der Waals surface area (Å²) >= 11 is 6.13. The van der Waals surface area contributed by atoms with Gasteiger partial charge >= 0.3 is 0 Å². The molecule has 0 heterocycles. The fraction of sp³-hybridized carbons (Fsp3) is 0.385. The summed E-state index contributed by atoms with van der Waals surface area (Å²) < 4.78 is 5.53. The van der Waals surface area contributed by atoms with Crippen LogP contribution in [0.4, 0.5) is 0 Å². The Kier molecular flexibility index (Phi) is 4.69. The molecule has 3 heteroatoms. The first kappa shape index (κ1) is 12.9. The van der Waals surface area contributed by atoms with Gasteiger partial charge in [-0.2, -0.15) is 0 Å². The monoisotopic (exact) mass is 239 g/mol. The molecule has 2 nitrogen and oxygen atoms in total. The number of nitrogens with one attached hydrogen (secondary N) is 1. The molecule has 1 aromatic rings. The molecule has 0 spiro atoms. The predicted octanol–water partition coefficient (Wildman–Crippen LogP) is 3.58. The number of rotatable bonds is 5. The predicted molar refractivity (Wildman–Crippen MR) is 69.2 cm³/mol. The smallest absolute Gasteiger partial charge is 0.138 e. The van der Waals surface area contributed by atoms with E-state index < -0.39 is 0 Å². The van der Waals surface area contributed by atoms with Crippen molar-refractivity contribution in [1.29, 1.82) is 0 Å². The number of likely N-dealkylation sites (N-methyl/N-ethyl adjacent to an activating group) is 1. The maximum Gasteiger partial charge on any atom is 0.138 e. The second-order valence-electron chi connectivity index (χ2n) is 3.99. The lowest BCUT2D eigenvalue weighted by Crippen LogP contribution is -2.12. The third-order valence-electron chi connectivity index (χ3n) is 2.38. The quantitative estimate of drug-likeness (QED) is 0.848. The molecule has 0 aliphatic carbocycles. The SMILES string of the molecule is C=C(COc1ccc(C(C)C)cc1Cl)NC. The second-order valence-corrected chi connectivity index (χ2v) is 4.39. The highest BCUT2D eigenvalue weighted by Gasteiger charge is 2.05. The highest BCUT2D eigenvalue weighted by molar-refractivity contribution is 6.32. The molecule has 0 unspecified atom stereocenters. The minimum absolute atomic E-state index is 0.428. The molecular weight excluding hydrogens is 222 g/mol. The van der Waals surface area contributed by atoms with E-state index in [-0.39, 0.29) is 0 Å². The molecule has 0 fully saturated rings. The summed E-state index contributed by atoms with van der Waals surface area (Å²) in [5, 5.41) is 3.57. The van der Waals surface area contributed by atoms with Gasteiger partial charge in [-0.25, -0.2) is 0 Å². The molecule has 0 aliphatic rings. The minimum Gasteiger partial charge on any atom is -0.486 e. The number of benzene rings is 1. The first-order valence-corrected chi connectivity index (χ1v) is 5.70. The first-order chi connectivity index (χ1) is 7.54. The fourth-order valence-electron chi connectivity index (χ4n) is 1.23. The van der Waals surface area contributed by atoms with Crippen molar-refractivity contribution in [2.45, 2.75) is 19.8 Å². The van der Waals surface area contributed by atoms with Crippen molar-refractivity contribution in [2.24, 2.45) is 0 Å². The van der Waals surface area contributed by atoms with Crippen LogP contribution in [0, 0.1) is 0 Å². The second kappa shape index (κ2) is 5.80. The molecule has 88 valence electrons. The minimum atomic E-state index is 0.428. The van der Waals surface area contributed by atoms with Crippen molar-refractivity contribution in [1.82, 2.24) is 5.32 Å². The van der Waals surface area contributed by atoms with E-state index in [1.165, 1.54) is 5.56 Å². The number of halogens is 1. The first-order valence-electron chi connectivity index (χ1n) is 5.32. The molecule has 0 saturated heterocycles. The number of ether oxygens (including phenoxy) is 1. The van der Waals surface area contributed by atoms with E-state index in [2.05, 4.69) is 25.7 Å². The van der Waals surface area contributed by atoms with Gasteiger partial charge in [0.2, 0.25) is 0 Å². The molecule has 1 N–H and O–H groups in total. The zero-order chi connectivity index (χ0) is 12.1. The normalized spacial score (nSPS) is 10.3. The lowest BCUT2D eigenvalue weighted by Gasteiger charge is -2.12. The molecule has 0 amide bonds. The topological polar surface area (TPSA) is 21.3 Å². The summed E-state index contributed by atoms with van der Waals surface area (Å²) in [5.74, 6) is 1.17. The molecule has 0 atom stereocenters. The van der Waals surface area contributed by atoms with Gasteiger partial charge in [0, 0.05) is 12.7 Å². The van der Waals surface area contributed by atoms with Crippen LogP contribution >= 0.6 is 11.6 Å². The zero-order valence-corrected chi connectivity index (χ0v) is 10.8. The standard InChI is InChI=1S/C13H18ClNO/c1-9(2)11-5-6-13(12(14)7-11)16-8-10(3)15-4/h5-7,9,15H,3,8H2,1-2,4H3. The maximum atomic E-state index is 6.13. The third-order valence-corrected chi connectivity index (χ3v) is 2.67. The Hall–Kier alpha value is -1.15. The summed E-state index contributed by atoms with van der Waals surface area (Å²) in [6, 6.07) is 5.89. The van der Waals surface area contributed by atoms with Crippen molar-refractivity contribution in [2.75, 3.05) is 13.7 Å². The molecule has 0 saturated carbocycles. The molecule has 0 aromatic heterocycles. The Bertz CT molecular complexity index is 374. The van der Waals surface area contributed by atoms with Gasteiger partial charge in [-0.15, -0.1) is 0 Å². The van der Waals surface area contributed by atoms with Crippen LogP contribution in [0.25, 0.3) is 0 Å². The van der Waals surface area contributed by atoms with Gasteiger partial charge < -0.3 is 10.1 Å². The van der Waals surface area contributed by atoms with E-state index in [0.29, 0.717) is 23.3 Å². The van der Waals surface area contributed by atoms with Crippen molar-refractivity contribution in [3.05, 3.63) is 41.1 Å². The Labute approximate surface area is 102 Å². The molecule has 0 aliphatic heterocycles. The molecule has 0 bridgehead atoms. The Balaban J connectivity index is 2.72. The van der Waals surface area contributed by atoms with Crippen LogP contribution in [0.3, 0.4) is 0 Å². The lowest BCUT2D eigenvalue weighted by molar-refractivity contribution is 0.345. The molecule has 16 heavy (non-hydrogen) atoms. The molecule has 0 radical (unpaired) electrons. The fourth-order valence-corrected chi connectivity index (χ4v) is 1.47. The van der Waals surface area contributed by atoms with Gasteiger partial charge in [0.05, 0.1) is 5.02 Å². The summed E-state index contributed by atoms with van der Waals surface area (Å²) in [6.07, 6.45) is 0. The van der Waals surface area contributed by atoms with Crippen LogP contribution in [0.1, 0.15) is 25.3 Å². The zero-order valence-electron chi connectivity index (χ0n) is 10.0. The van der Waals surface area contributed by atoms with E-state index in [0.717, 1.165) is 5.70 Å². The summed E-state index contributed by atoms with van der Waals surface area (Å²) in [5.41, 5.74) is 2.04. The molecular formula is C13H18ClNO. The van der Waals surface area contributed by atoms with Gasteiger partial charge in [0.1, 0.15) is 12.4 Å². The highest BCUT2D eigenvalue weighted by Crippen LogP contribution is 2.28. The van der Waals surface area contributed by atoms with Crippen LogP contribution in [-0.2, 0) is 0 Å². The van der Waals surface area contributed by atoms with Gasteiger partial charge in [-0.05, 0) is 23.6 Å². The largest absolute Gasteiger partial charge is 0.486 e. The Morgan fingerprint density at radius 3 is 2.69 bits per heavy atom. The van der Waals surface area contributed by atoms with Crippen LogP contribution in [-0.4, -0.2) is 13.7 Å². The van der Waals surface area contributed by atoms with Crippen molar-refractivity contribution < 1.29 is 4.74 Å². The molecule has 1 aromatic carbocycles. The van der Waals surface area contributed by atoms with Crippen LogP contribution in [0.5, 0.6) is 5.75 Å². The highest BCUT2D eigenvalue weighted by atomic mass is 35.5. The van der Waals surface area contributed by atoms with Crippen LogP contribution < -0.4 is 10.1 Å². The van der Waals surface area contributed by atoms with Crippen molar-refractivity contribution in [3.63, 3.8) is 0 Å². The molecule has 1 rings (SSSR count). The van der Waals surface area contributed by atoms with E-state index in [1.54, 1.807) is 0 Å². The summed E-state index contributed by atoms with van der Waals surface area (Å²) in [6.45, 7) is 8.48. The van der Waals surface area contributed by atoms with E-state index in [4.69, 9.17) is 16.3 Å². The van der Waals surface area contributed by atoms with Crippen molar-refractivity contribution in [3.8, 4) is 5.75 Å². The summed E-state index contributed by atoms with van der Waals surface area (Å²) in [4.78, 5) is 0. The Morgan fingerprint density at radius 2 is 2.19 bits per heavy atom. The van der Waals surface area contributed by atoms with E-state index in [1.807, 2.05) is 25.2 Å². The van der Waals surface area contributed by atoms with Crippen molar-refractivity contribution >= 4 is 11.6 Å². The number of hydrogen-bond acceptors (Lipinski definition) is 2. The third kappa shape index (κ3) is 3.46. The average molecular weight is 240 g/mol. The van der Waals surface area contributed by atoms with Gasteiger partial charge in [0.25, 0.3) is 0 Å². The van der Waals surface area contributed by atoms with Gasteiger partial charge in [-0.3, -0.25) is 0 Å². The van der Waals surface area contributed by atoms with E-state index >= 15 is 0 Å². The van der Waals surface area contributed by atoms with E-state index in [9.17, 15) is 0 Å². The number of hydrogen-bond donors (Lipinski definition) is 1. The van der Waals surface area contributed by atoms with Gasteiger partial charge in [0.15, 0.2) is 0 Å². The average Bonchev–Trinajstić information content (AvgIpc) is 2.26. The summed E-state index contributed by atoms with van der Waals surface area (Å²) in [7, 11) is 1.81. The van der Waals surface area contributed by atoms with Crippen LogP contribution in [0.15, 0.2) is 30.5 Å². The lowest BCUT2D eigenvalue weighted by atomic mass is 10.0. The van der Waals surface area contributed by atoms with Gasteiger partial charge in [-0.1, -0.05) is 38.1 Å². The maximum absolute atomic E-state index is 6.13.